The van der Waals surface area contributed by atoms with Crippen LogP contribution in [0.3, 0.4) is 0 Å². The first-order valence-electron chi connectivity index (χ1n) is 7.96. The summed E-state index contributed by atoms with van der Waals surface area (Å²) in [6.07, 6.45) is 0. The van der Waals surface area contributed by atoms with Crippen LogP contribution in [0.4, 0.5) is 10.5 Å². The summed E-state index contributed by atoms with van der Waals surface area (Å²) in [5, 5.41) is 3.03. The Labute approximate surface area is 133 Å². The normalized spacial score (nSPS) is 15.8. The van der Waals surface area contributed by atoms with Gasteiger partial charge in [-0.1, -0.05) is 32.0 Å². The maximum absolute atomic E-state index is 12.3. The van der Waals surface area contributed by atoms with E-state index in [1.54, 1.807) is 4.90 Å². The Morgan fingerprint density at radius 1 is 1.32 bits per heavy atom. The zero-order valence-corrected chi connectivity index (χ0v) is 13.8. The molecule has 0 aromatic heterocycles. The van der Waals surface area contributed by atoms with Crippen LogP contribution in [0.15, 0.2) is 24.3 Å². The van der Waals surface area contributed by atoms with Crippen LogP contribution in [0.1, 0.15) is 19.4 Å². The minimum Gasteiger partial charge on any atom is -0.379 e. The molecule has 5 heteroatoms. The Balaban J connectivity index is 1.99. The highest BCUT2D eigenvalue weighted by Crippen LogP contribution is 2.18. The fraction of sp³-hybridized carbons (Fsp3) is 0.588. The zero-order valence-electron chi connectivity index (χ0n) is 13.8. The van der Waals surface area contributed by atoms with E-state index in [1.807, 2.05) is 25.2 Å². The molecule has 1 aliphatic rings. The van der Waals surface area contributed by atoms with Gasteiger partial charge in [-0.3, -0.25) is 4.90 Å². The summed E-state index contributed by atoms with van der Waals surface area (Å²) in [6, 6.07) is 7.97. The molecule has 0 saturated carbocycles. The van der Waals surface area contributed by atoms with Gasteiger partial charge in [-0.05, 0) is 17.5 Å². The molecule has 1 aromatic rings. The van der Waals surface area contributed by atoms with Crippen LogP contribution in [0.25, 0.3) is 0 Å². The van der Waals surface area contributed by atoms with Gasteiger partial charge in [0.15, 0.2) is 0 Å². The Bertz CT molecular complexity index is 485. The van der Waals surface area contributed by atoms with Gasteiger partial charge < -0.3 is 15.0 Å². The number of carbonyl (C=O) groups is 1. The fourth-order valence-electron chi connectivity index (χ4n) is 2.62. The number of carbonyl (C=O) groups excluding carboxylic acids is 1. The highest BCUT2D eigenvalue weighted by molar-refractivity contribution is 5.90. The molecule has 0 bridgehead atoms. The number of urea groups is 1. The first kappa shape index (κ1) is 16.8. The van der Waals surface area contributed by atoms with E-state index in [0.29, 0.717) is 5.92 Å². The summed E-state index contributed by atoms with van der Waals surface area (Å²) in [5.41, 5.74) is 2.05. The van der Waals surface area contributed by atoms with Gasteiger partial charge in [0.25, 0.3) is 0 Å². The van der Waals surface area contributed by atoms with Crippen molar-refractivity contribution >= 4 is 11.7 Å². The van der Waals surface area contributed by atoms with Crippen LogP contribution in [-0.2, 0) is 11.3 Å². The van der Waals surface area contributed by atoms with E-state index in [0.717, 1.165) is 50.6 Å². The molecule has 1 saturated heterocycles. The Kier molecular flexibility index (Phi) is 6.21. The van der Waals surface area contributed by atoms with Crippen molar-refractivity contribution in [2.75, 3.05) is 45.2 Å². The number of rotatable bonds is 5. The number of hydrogen-bond acceptors (Lipinski definition) is 3. The molecule has 1 N–H and O–H groups in total. The molecule has 2 rings (SSSR count). The van der Waals surface area contributed by atoms with Crippen molar-refractivity contribution in [2.24, 2.45) is 5.92 Å². The average molecular weight is 305 g/mol. The quantitative estimate of drug-likeness (QED) is 0.909. The van der Waals surface area contributed by atoms with E-state index in [1.165, 1.54) is 0 Å². The van der Waals surface area contributed by atoms with E-state index >= 15 is 0 Å². The summed E-state index contributed by atoms with van der Waals surface area (Å²) in [5.74, 6) is 0.458. The van der Waals surface area contributed by atoms with Gasteiger partial charge in [0.1, 0.15) is 0 Å². The largest absolute Gasteiger partial charge is 0.379 e. The minimum atomic E-state index is -0.0527. The van der Waals surface area contributed by atoms with Gasteiger partial charge in [0, 0.05) is 38.9 Å². The van der Waals surface area contributed by atoms with Gasteiger partial charge in [0.05, 0.1) is 13.2 Å². The van der Waals surface area contributed by atoms with E-state index in [4.69, 9.17) is 4.74 Å². The van der Waals surface area contributed by atoms with E-state index in [-0.39, 0.29) is 6.03 Å². The number of amides is 2. The van der Waals surface area contributed by atoms with Crippen LogP contribution in [0.5, 0.6) is 0 Å². The molecular formula is C17H27N3O2. The monoisotopic (exact) mass is 305 g/mol. The second-order valence-electron chi connectivity index (χ2n) is 6.25. The number of benzene rings is 1. The lowest BCUT2D eigenvalue weighted by Crippen LogP contribution is -2.36. The number of nitrogens with one attached hydrogen (secondary N) is 1. The summed E-state index contributed by atoms with van der Waals surface area (Å²) >= 11 is 0. The van der Waals surface area contributed by atoms with Crippen molar-refractivity contribution in [3.8, 4) is 0 Å². The van der Waals surface area contributed by atoms with Crippen molar-refractivity contribution in [3.05, 3.63) is 29.8 Å². The average Bonchev–Trinajstić information content (AvgIpc) is 2.49. The minimum absolute atomic E-state index is 0.0527. The predicted molar refractivity (Wildman–Crippen MR) is 89.0 cm³/mol. The van der Waals surface area contributed by atoms with Crippen LogP contribution in [0.2, 0.25) is 0 Å². The van der Waals surface area contributed by atoms with E-state index < -0.39 is 0 Å². The third kappa shape index (κ3) is 5.00. The van der Waals surface area contributed by atoms with Crippen LogP contribution >= 0.6 is 0 Å². The maximum atomic E-state index is 12.3. The van der Waals surface area contributed by atoms with E-state index in [9.17, 15) is 4.79 Å². The van der Waals surface area contributed by atoms with Gasteiger partial charge in [-0.25, -0.2) is 4.79 Å². The lowest BCUT2D eigenvalue weighted by molar-refractivity contribution is 0.0342. The summed E-state index contributed by atoms with van der Waals surface area (Å²) in [7, 11) is 1.83. The lowest BCUT2D eigenvalue weighted by Gasteiger charge is -2.27. The third-order valence-corrected chi connectivity index (χ3v) is 3.74. The second-order valence-corrected chi connectivity index (χ2v) is 6.25. The van der Waals surface area contributed by atoms with Gasteiger partial charge in [0.2, 0.25) is 0 Å². The molecule has 122 valence electrons. The number of anilines is 1. The highest BCUT2D eigenvalue weighted by Gasteiger charge is 2.15. The van der Waals surface area contributed by atoms with Crippen molar-refractivity contribution in [1.82, 2.24) is 9.80 Å². The summed E-state index contributed by atoms with van der Waals surface area (Å²) in [4.78, 5) is 16.4. The van der Waals surface area contributed by atoms with Gasteiger partial charge in [-0.2, -0.15) is 0 Å². The Hall–Kier alpha value is -1.59. The standard InChI is InChI=1S/C17H27N3O2/c1-14(2)12-19(3)17(21)18-16-7-5-4-6-15(16)13-20-8-10-22-11-9-20/h4-7,14H,8-13H2,1-3H3,(H,18,21). The number of ether oxygens (including phenoxy) is 1. The maximum Gasteiger partial charge on any atom is 0.321 e. The highest BCUT2D eigenvalue weighted by atomic mass is 16.5. The second kappa shape index (κ2) is 8.15. The first-order valence-corrected chi connectivity index (χ1v) is 7.96. The smallest absolute Gasteiger partial charge is 0.321 e. The van der Waals surface area contributed by atoms with Crippen LogP contribution < -0.4 is 5.32 Å². The Morgan fingerprint density at radius 2 is 2.00 bits per heavy atom. The SMILES string of the molecule is CC(C)CN(C)C(=O)Nc1ccccc1CN1CCOCC1. The van der Waals surface area contributed by atoms with Crippen LogP contribution in [-0.4, -0.2) is 55.7 Å². The predicted octanol–water partition coefficient (Wildman–Crippen LogP) is 2.64. The molecule has 22 heavy (non-hydrogen) atoms. The third-order valence-electron chi connectivity index (χ3n) is 3.74. The van der Waals surface area contributed by atoms with Crippen molar-refractivity contribution < 1.29 is 9.53 Å². The van der Waals surface area contributed by atoms with Gasteiger partial charge in [-0.15, -0.1) is 0 Å². The number of hydrogen-bond donors (Lipinski definition) is 1. The molecule has 0 radical (unpaired) electrons. The van der Waals surface area contributed by atoms with Crippen molar-refractivity contribution in [3.63, 3.8) is 0 Å². The molecule has 0 aliphatic carbocycles. The zero-order chi connectivity index (χ0) is 15.9. The first-order chi connectivity index (χ1) is 10.6. The van der Waals surface area contributed by atoms with Gasteiger partial charge >= 0.3 is 6.03 Å². The molecule has 1 aromatic carbocycles. The summed E-state index contributed by atoms with van der Waals surface area (Å²) < 4.78 is 5.38. The Morgan fingerprint density at radius 3 is 2.68 bits per heavy atom. The number of nitrogens with zero attached hydrogens (tertiary/aromatic N) is 2. The molecule has 1 heterocycles. The summed E-state index contributed by atoms with van der Waals surface area (Å²) in [6.45, 7) is 9.25. The molecule has 0 spiro atoms. The van der Waals surface area contributed by atoms with Crippen LogP contribution in [0, 0.1) is 5.92 Å². The lowest BCUT2D eigenvalue weighted by atomic mass is 10.1. The number of para-hydroxylation sites is 1. The van der Waals surface area contributed by atoms with Crippen molar-refractivity contribution in [1.29, 1.82) is 0 Å². The molecule has 2 amide bonds. The topological polar surface area (TPSA) is 44.8 Å². The molecular weight excluding hydrogens is 278 g/mol. The molecule has 0 unspecified atom stereocenters. The molecule has 0 atom stereocenters. The molecule has 5 nitrogen and oxygen atoms in total. The van der Waals surface area contributed by atoms with E-state index in [2.05, 4.69) is 30.1 Å². The van der Waals surface area contributed by atoms with Crippen molar-refractivity contribution in [2.45, 2.75) is 20.4 Å². The number of morpholine rings is 1. The fourth-order valence-corrected chi connectivity index (χ4v) is 2.62. The molecule has 1 fully saturated rings. The molecule has 1 aliphatic heterocycles.